The maximum atomic E-state index is 11.6. The summed E-state index contributed by atoms with van der Waals surface area (Å²) in [6.45, 7) is 1.29. The van der Waals surface area contributed by atoms with Crippen LogP contribution in [0.15, 0.2) is 23.2 Å². The number of nitrogens with one attached hydrogen (secondary N) is 1. The first-order valence-electron chi connectivity index (χ1n) is 4.20. The van der Waals surface area contributed by atoms with Crippen molar-refractivity contribution in [1.29, 1.82) is 0 Å². The molecule has 0 fully saturated rings. The zero-order chi connectivity index (χ0) is 11.5. The largest absolute Gasteiger partial charge is 0.395 e. The lowest BCUT2D eigenvalue weighted by Crippen LogP contribution is -2.34. The normalized spacial score (nSPS) is 13.8. The summed E-state index contributed by atoms with van der Waals surface area (Å²) in [4.78, 5) is 3.71. The predicted octanol–water partition coefficient (Wildman–Crippen LogP) is 0.394. The first kappa shape index (κ1) is 12.4. The van der Waals surface area contributed by atoms with Crippen molar-refractivity contribution in [2.24, 2.45) is 0 Å². The zero-order valence-electron chi connectivity index (χ0n) is 8.01. The molecule has 7 heteroatoms. The van der Waals surface area contributed by atoms with Gasteiger partial charge in [0.25, 0.3) is 0 Å². The fraction of sp³-hybridized carbons (Fsp3) is 0.375. The van der Waals surface area contributed by atoms with Crippen molar-refractivity contribution in [3.8, 4) is 0 Å². The molecule has 0 saturated heterocycles. The predicted molar refractivity (Wildman–Crippen MR) is 56.1 cm³/mol. The van der Waals surface area contributed by atoms with Crippen LogP contribution >= 0.6 is 11.6 Å². The van der Waals surface area contributed by atoms with Gasteiger partial charge in [0, 0.05) is 12.2 Å². The molecule has 1 rings (SSSR count). The Balaban J connectivity index is 2.96. The lowest BCUT2D eigenvalue weighted by atomic mass is 10.4. The second-order valence-electron chi connectivity index (χ2n) is 3.02. The van der Waals surface area contributed by atoms with E-state index in [-0.39, 0.29) is 16.7 Å². The fourth-order valence-electron chi connectivity index (χ4n) is 0.922. The van der Waals surface area contributed by atoms with E-state index in [1.807, 2.05) is 0 Å². The van der Waals surface area contributed by atoms with E-state index < -0.39 is 16.1 Å². The minimum atomic E-state index is -3.63. The number of sulfonamides is 1. The first-order chi connectivity index (χ1) is 6.95. The summed E-state index contributed by atoms with van der Waals surface area (Å²) in [6.07, 6.45) is 1.31. The Bertz CT molecular complexity index is 435. The molecule has 0 aliphatic heterocycles. The molecule has 0 unspecified atom stereocenters. The third-order valence-corrected chi connectivity index (χ3v) is 3.43. The van der Waals surface area contributed by atoms with Gasteiger partial charge in [-0.3, -0.25) is 0 Å². The van der Waals surface area contributed by atoms with Gasteiger partial charge in [-0.2, -0.15) is 0 Å². The van der Waals surface area contributed by atoms with Gasteiger partial charge in [0.1, 0.15) is 5.15 Å². The third kappa shape index (κ3) is 3.42. The summed E-state index contributed by atoms with van der Waals surface area (Å²) in [5, 5.41) is 8.84. The molecular weight excluding hydrogens is 240 g/mol. The van der Waals surface area contributed by atoms with Crippen molar-refractivity contribution >= 4 is 21.6 Å². The third-order valence-electron chi connectivity index (χ3n) is 1.64. The van der Waals surface area contributed by atoms with Crippen molar-refractivity contribution in [3.05, 3.63) is 23.5 Å². The maximum absolute atomic E-state index is 11.6. The molecule has 15 heavy (non-hydrogen) atoms. The highest BCUT2D eigenvalue weighted by atomic mass is 35.5. The van der Waals surface area contributed by atoms with Crippen LogP contribution in [0.5, 0.6) is 0 Å². The highest BCUT2D eigenvalue weighted by Gasteiger charge is 2.17. The molecule has 0 spiro atoms. The zero-order valence-corrected chi connectivity index (χ0v) is 9.59. The van der Waals surface area contributed by atoms with Crippen LogP contribution in [-0.4, -0.2) is 31.2 Å². The van der Waals surface area contributed by atoms with Crippen molar-refractivity contribution in [2.75, 3.05) is 6.61 Å². The molecule has 1 aromatic rings. The maximum Gasteiger partial charge on any atom is 0.241 e. The minimum Gasteiger partial charge on any atom is -0.395 e. The van der Waals surface area contributed by atoms with Gasteiger partial charge in [0.15, 0.2) is 0 Å². The summed E-state index contributed by atoms with van der Waals surface area (Å²) in [6, 6.07) is 2.04. The van der Waals surface area contributed by atoms with Crippen LogP contribution in [0.1, 0.15) is 6.92 Å². The number of hydrogen-bond donors (Lipinski definition) is 2. The van der Waals surface area contributed by atoms with Crippen LogP contribution < -0.4 is 4.72 Å². The number of aliphatic hydroxyl groups is 1. The van der Waals surface area contributed by atoms with Crippen LogP contribution in [0, 0.1) is 0 Å². The summed E-state index contributed by atoms with van der Waals surface area (Å²) in [5.41, 5.74) is 0. The van der Waals surface area contributed by atoms with E-state index in [4.69, 9.17) is 16.7 Å². The van der Waals surface area contributed by atoms with Gasteiger partial charge < -0.3 is 5.11 Å². The van der Waals surface area contributed by atoms with Crippen LogP contribution in [0.3, 0.4) is 0 Å². The minimum absolute atomic E-state index is 0.0304. The lowest BCUT2D eigenvalue weighted by molar-refractivity contribution is 0.265. The van der Waals surface area contributed by atoms with E-state index in [0.29, 0.717) is 0 Å². The van der Waals surface area contributed by atoms with Gasteiger partial charge in [0.05, 0.1) is 11.5 Å². The molecule has 0 aliphatic rings. The van der Waals surface area contributed by atoms with Gasteiger partial charge in [-0.15, -0.1) is 0 Å². The van der Waals surface area contributed by atoms with Gasteiger partial charge >= 0.3 is 0 Å². The smallest absolute Gasteiger partial charge is 0.241 e. The van der Waals surface area contributed by atoms with E-state index in [2.05, 4.69) is 9.71 Å². The molecular formula is C8H11ClN2O3S. The van der Waals surface area contributed by atoms with E-state index in [0.717, 1.165) is 0 Å². The topological polar surface area (TPSA) is 79.3 Å². The fourth-order valence-corrected chi connectivity index (χ4v) is 2.41. The van der Waals surface area contributed by atoms with Crippen molar-refractivity contribution in [3.63, 3.8) is 0 Å². The highest BCUT2D eigenvalue weighted by Crippen LogP contribution is 2.12. The molecule has 0 saturated carbocycles. The monoisotopic (exact) mass is 250 g/mol. The van der Waals surface area contributed by atoms with Crippen molar-refractivity contribution in [2.45, 2.75) is 17.9 Å². The Kier molecular flexibility index (Phi) is 4.04. The van der Waals surface area contributed by atoms with Gasteiger partial charge in [-0.05, 0) is 19.1 Å². The number of rotatable bonds is 4. The summed E-state index contributed by atoms with van der Waals surface area (Å²) < 4.78 is 25.6. The molecule has 0 amide bonds. The molecule has 1 heterocycles. The number of nitrogens with zero attached hydrogens (tertiary/aromatic N) is 1. The number of hydrogen-bond acceptors (Lipinski definition) is 4. The summed E-state index contributed by atoms with van der Waals surface area (Å²) >= 11 is 5.57. The van der Waals surface area contributed by atoms with Gasteiger partial charge in [0.2, 0.25) is 10.0 Å². The van der Waals surface area contributed by atoms with Gasteiger partial charge in [-0.1, -0.05) is 11.6 Å². The average Bonchev–Trinajstić information content (AvgIpc) is 2.17. The molecule has 0 aliphatic carbocycles. The Morgan fingerprint density at radius 2 is 2.33 bits per heavy atom. The Morgan fingerprint density at radius 1 is 1.67 bits per heavy atom. The van der Waals surface area contributed by atoms with Crippen LogP contribution in [-0.2, 0) is 10.0 Å². The van der Waals surface area contributed by atoms with Crippen LogP contribution in [0.25, 0.3) is 0 Å². The Labute approximate surface area is 93.2 Å². The van der Waals surface area contributed by atoms with E-state index in [9.17, 15) is 8.42 Å². The standard InChI is InChI=1S/C8H11ClN2O3S/c1-6(5-12)11-15(13,14)7-2-3-10-8(9)4-7/h2-4,6,11-12H,5H2,1H3/t6-/m1/s1. The van der Waals surface area contributed by atoms with E-state index in [1.165, 1.54) is 18.3 Å². The van der Waals surface area contributed by atoms with Crippen molar-refractivity contribution < 1.29 is 13.5 Å². The molecule has 0 bridgehead atoms. The van der Waals surface area contributed by atoms with Gasteiger partial charge in [-0.25, -0.2) is 18.1 Å². The highest BCUT2D eigenvalue weighted by molar-refractivity contribution is 7.89. The lowest BCUT2D eigenvalue weighted by Gasteiger charge is -2.11. The quantitative estimate of drug-likeness (QED) is 0.758. The molecule has 0 aromatic carbocycles. The molecule has 1 atom stereocenters. The molecule has 84 valence electrons. The van der Waals surface area contributed by atoms with E-state index in [1.54, 1.807) is 6.92 Å². The second-order valence-corrected chi connectivity index (χ2v) is 5.12. The summed E-state index contributed by atoms with van der Waals surface area (Å²) in [7, 11) is -3.63. The SMILES string of the molecule is C[C@H](CO)NS(=O)(=O)c1ccnc(Cl)c1. The second kappa shape index (κ2) is 4.89. The van der Waals surface area contributed by atoms with Crippen molar-refractivity contribution in [1.82, 2.24) is 9.71 Å². The number of aliphatic hydroxyl groups excluding tert-OH is 1. The van der Waals surface area contributed by atoms with Crippen LogP contribution in [0.4, 0.5) is 0 Å². The Hall–Kier alpha value is -0.690. The Morgan fingerprint density at radius 3 is 2.87 bits per heavy atom. The molecule has 2 N–H and O–H groups in total. The average molecular weight is 251 g/mol. The van der Waals surface area contributed by atoms with Crippen LogP contribution in [0.2, 0.25) is 5.15 Å². The number of aromatic nitrogens is 1. The summed E-state index contributed by atoms with van der Waals surface area (Å²) in [5.74, 6) is 0. The first-order valence-corrected chi connectivity index (χ1v) is 6.06. The molecule has 1 aromatic heterocycles. The number of pyridine rings is 1. The molecule has 0 radical (unpaired) electrons. The van der Waals surface area contributed by atoms with E-state index >= 15 is 0 Å². The molecule has 5 nitrogen and oxygen atoms in total. The number of halogens is 1.